The summed E-state index contributed by atoms with van der Waals surface area (Å²) in [6.07, 6.45) is -0.719. The normalized spacial score (nSPS) is 17.1. The molecule has 1 aliphatic rings. The van der Waals surface area contributed by atoms with Crippen molar-refractivity contribution in [3.63, 3.8) is 0 Å². The number of aliphatic hydroxyl groups excluding tert-OH is 1. The highest BCUT2D eigenvalue weighted by molar-refractivity contribution is 7.89. The standard InChI is InChI=1S/C20H27N3O6S/c1-14-20(16(3)29-21-14)30(26,27)23-10-8-22(9-11-23)12-18(25)13-28-19-6-4-17(5-7-19)15(2)24/h4-7,18,25H,8-13H2,1-3H3/t18-/m0/s1. The zero-order chi connectivity index (χ0) is 21.9. The van der Waals surface area contributed by atoms with E-state index in [0.29, 0.717) is 55.5 Å². The smallest absolute Gasteiger partial charge is 0.248 e. The van der Waals surface area contributed by atoms with Crippen LogP contribution in [0.25, 0.3) is 0 Å². The highest BCUT2D eigenvalue weighted by Crippen LogP contribution is 2.24. The first-order valence-corrected chi connectivity index (χ1v) is 11.2. The number of ether oxygens (including phenoxy) is 1. The number of nitrogens with zero attached hydrogens (tertiary/aromatic N) is 3. The maximum absolute atomic E-state index is 12.9. The average Bonchev–Trinajstić information content (AvgIpc) is 3.06. The largest absolute Gasteiger partial charge is 0.491 e. The molecule has 0 aliphatic carbocycles. The monoisotopic (exact) mass is 437 g/mol. The van der Waals surface area contributed by atoms with Gasteiger partial charge < -0.3 is 14.4 Å². The van der Waals surface area contributed by atoms with Gasteiger partial charge in [-0.1, -0.05) is 5.16 Å². The van der Waals surface area contributed by atoms with Gasteiger partial charge in [-0.25, -0.2) is 8.42 Å². The number of hydrogen-bond donors (Lipinski definition) is 1. The van der Waals surface area contributed by atoms with Crippen molar-refractivity contribution >= 4 is 15.8 Å². The molecule has 1 N–H and O–H groups in total. The number of aryl methyl sites for hydroxylation is 2. The van der Waals surface area contributed by atoms with Crippen molar-refractivity contribution in [3.8, 4) is 5.75 Å². The van der Waals surface area contributed by atoms with Crippen LogP contribution in [0.2, 0.25) is 0 Å². The van der Waals surface area contributed by atoms with Gasteiger partial charge in [-0.05, 0) is 45.0 Å². The van der Waals surface area contributed by atoms with Crippen LogP contribution in [0.3, 0.4) is 0 Å². The molecule has 164 valence electrons. The fourth-order valence-corrected chi connectivity index (χ4v) is 5.17. The second-order valence-corrected chi connectivity index (χ2v) is 9.28. The topological polar surface area (TPSA) is 113 Å². The molecule has 0 spiro atoms. The SMILES string of the molecule is CC(=O)c1ccc(OC[C@@H](O)CN2CCN(S(=O)(=O)c3c(C)noc3C)CC2)cc1. The van der Waals surface area contributed by atoms with Gasteiger partial charge in [0, 0.05) is 38.3 Å². The Morgan fingerprint density at radius 1 is 1.20 bits per heavy atom. The number of aromatic nitrogens is 1. The minimum atomic E-state index is -3.65. The van der Waals surface area contributed by atoms with Crippen LogP contribution >= 0.6 is 0 Å². The van der Waals surface area contributed by atoms with E-state index in [-0.39, 0.29) is 17.3 Å². The number of piperazine rings is 1. The molecule has 1 fully saturated rings. The Bertz CT molecular complexity index is 959. The summed E-state index contributed by atoms with van der Waals surface area (Å²) in [7, 11) is -3.65. The van der Waals surface area contributed by atoms with Gasteiger partial charge in [0.15, 0.2) is 11.5 Å². The van der Waals surface area contributed by atoms with Crippen molar-refractivity contribution in [2.24, 2.45) is 0 Å². The van der Waals surface area contributed by atoms with Crippen molar-refractivity contribution in [1.82, 2.24) is 14.4 Å². The molecule has 2 heterocycles. The molecule has 1 aromatic heterocycles. The van der Waals surface area contributed by atoms with Gasteiger partial charge in [0.1, 0.15) is 29.0 Å². The summed E-state index contributed by atoms with van der Waals surface area (Å²) < 4.78 is 37.7. The van der Waals surface area contributed by atoms with E-state index in [1.807, 2.05) is 4.90 Å². The third kappa shape index (κ3) is 5.07. The molecule has 1 atom stereocenters. The third-order valence-electron chi connectivity index (χ3n) is 5.07. The number of rotatable bonds is 8. The highest BCUT2D eigenvalue weighted by atomic mass is 32.2. The lowest BCUT2D eigenvalue weighted by Crippen LogP contribution is -2.50. The van der Waals surface area contributed by atoms with Crippen LogP contribution in [0, 0.1) is 13.8 Å². The van der Waals surface area contributed by atoms with Crippen LogP contribution in [0.15, 0.2) is 33.7 Å². The molecule has 3 rings (SSSR count). The van der Waals surface area contributed by atoms with Gasteiger partial charge in [0.05, 0.1) is 0 Å². The van der Waals surface area contributed by atoms with E-state index in [0.717, 1.165) is 0 Å². The number of carbonyl (C=O) groups is 1. The number of hydrogen-bond acceptors (Lipinski definition) is 8. The summed E-state index contributed by atoms with van der Waals surface area (Å²) in [6.45, 7) is 6.86. The first-order valence-electron chi connectivity index (χ1n) is 9.75. The molecule has 0 bridgehead atoms. The summed E-state index contributed by atoms with van der Waals surface area (Å²) in [5, 5.41) is 14.0. The number of carbonyl (C=O) groups excluding carboxylic acids is 1. The van der Waals surface area contributed by atoms with Crippen LogP contribution < -0.4 is 4.74 Å². The van der Waals surface area contributed by atoms with Crippen LogP contribution in [0.4, 0.5) is 0 Å². The second-order valence-electron chi connectivity index (χ2n) is 7.40. The van der Waals surface area contributed by atoms with Gasteiger partial charge in [0.2, 0.25) is 10.0 Å². The van der Waals surface area contributed by atoms with Crippen LogP contribution in [-0.2, 0) is 10.0 Å². The maximum atomic E-state index is 12.9. The Labute approximate surface area is 176 Å². The highest BCUT2D eigenvalue weighted by Gasteiger charge is 2.33. The van der Waals surface area contributed by atoms with Crippen molar-refractivity contribution in [1.29, 1.82) is 0 Å². The van der Waals surface area contributed by atoms with E-state index >= 15 is 0 Å². The molecule has 2 aromatic rings. The molecule has 30 heavy (non-hydrogen) atoms. The van der Waals surface area contributed by atoms with Crippen molar-refractivity contribution in [2.75, 3.05) is 39.3 Å². The van der Waals surface area contributed by atoms with E-state index in [4.69, 9.17) is 9.26 Å². The van der Waals surface area contributed by atoms with Crippen LogP contribution in [-0.4, -0.2) is 79.1 Å². The molecular weight excluding hydrogens is 410 g/mol. The number of ketones is 1. The van der Waals surface area contributed by atoms with Gasteiger partial charge in [0.25, 0.3) is 0 Å². The van der Waals surface area contributed by atoms with E-state index in [1.165, 1.54) is 11.2 Å². The molecule has 0 saturated carbocycles. The average molecular weight is 438 g/mol. The summed E-state index contributed by atoms with van der Waals surface area (Å²) >= 11 is 0. The zero-order valence-electron chi connectivity index (χ0n) is 17.4. The number of sulfonamides is 1. The Kier molecular flexibility index (Phi) is 6.91. The van der Waals surface area contributed by atoms with Crippen molar-refractivity contribution < 1.29 is 27.6 Å². The Morgan fingerprint density at radius 2 is 1.83 bits per heavy atom. The Morgan fingerprint density at radius 3 is 2.37 bits per heavy atom. The molecule has 0 amide bonds. The van der Waals surface area contributed by atoms with Gasteiger partial charge in [-0.15, -0.1) is 0 Å². The van der Waals surface area contributed by atoms with Crippen LogP contribution in [0.1, 0.15) is 28.7 Å². The molecule has 1 aromatic carbocycles. The lowest BCUT2D eigenvalue weighted by molar-refractivity contribution is 0.0569. The number of Topliss-reactive ketones (excluding diaryl/α,β-unsaturated/α-hetero) is 1. The molecule has 1 aliphatic heterocycles. The Balaban J connectivity index is 1.48. The van der Waals surface area contributed by atoms with E-state index in [9.17, 15) is 18.3 Å². The summed E-state index contributed by atoms with van der Waals surface area (Å²) in [6, 6.07) is 6.76. The van der Waals surface area contributed by atoms with Gasteiger partial charge in [-0.2, -0.15) is 4.31 Å². The lowest BCUT2D eigenvalue weighted by atomic mass is 10.1. The first kappa shape index (κ1) is 22.4. The second kappa shape index (κ2) is 9.25. The fourth-order valence-electron chi connectivity index (χ4n) is 3.45. The van der Waals surface area contributed by atoms with E-state index in [1.54, 1.807) is 38.1 Å². The lowest BCUT2D eigenvalue weighted by Gasteiger charge is -2.34. The minimum absolute atomic E-state index is 0.0166. The molecular formula is C20H27N3O6S. The first-order chi connectivity index (χ1) is 14.2. The van der Waals surface area contributed by atoms with Gasteiger partial charge in [-0.3, -0.25) is 9.69 Å². The summed E-state index contributed by atoms with van der Waals surface area (Å²) in [5.74, 6) is 0.852. The molecule has 0 unspecified atom stereocenters. The van der Waals surface area contributed by atoms with E-state index in [2.05, 4.69) is 5.16 Å². The maximum Gasteiger partial charge on any atom is 0.248 e. The zero-order valence-corrected chi connectivity index (χ0v) is 18.2. The summed E-state index contributed by atoms with van der Waals surface area (Å²) in [5.41, 5.74) is 0.964. The van der Waals surface area contributed by atoms with Crippen molar-refractivity contribution in [2.45, 2.75) is 31.8 Å². The van der Waals surface area contributed by atoms with Crippen LogP contribution in [0.5, 0.6) is 5.75 Å². The number of β-amino-alcohol motifs (C(OH)–C–C–N with tert-alkyl or cyclic N) is 1. The molecule has 10 heteroatoms. The fraction of sp³-hybridized carbons (Fsp3) is 0.500. The van der Waals surface area contributed by atoms with Crippen molar-refractivity contribution in [3.05, 3.63) is 41.3 Å². The predicted octanol–water partition coefficient (Wildman–Crippen LogP) is 1.24. The number of benzene rings is 1. The minimum Gasteiger partial charge on any atom is -0.491 e. The molecule has 1 saturated heterocycles. The quantitative estimate of drug-likeness (QED) is 0.614. The third-order valence-corrected chi connectivity index (χ3v) is 7.21. The van der Waals surface area contributed by atoms with E-state index < -0.39 is 16.1 Å². The predicted molar refractivity (Wildman–Crippen MR) is 109 cm³/mol. The summed E-state index contributed by atoms with van der Waals surface area (Å²) in [4.78, 5) is 13.4. The van der Waals surface area contributed by atoms with Gasteiger partial charge >= 0.3 is 0 Å². The molecule has 9 nitrogen and oxygen atoms in total. The number of aliphatic hydroxyl groups is 1. The Hall–Kier alpha value is -2.27. The molecule has 0 radical (unpaired) electrons.